The number of ether oxygens (including phenoxy) is 2. The number of isothiocyanates is 1. The molecular weight excluding hydrogens is 282 g/mol. The van der Waals surface area contributed by atoms with Crippen LogP contribution >= 0.6 is 12.2 Å². The van der Waals surface area contributed by atoms with Crippen LogP contribution in [-0.4, -0.2) is 51.2 Å². The van der Waals surface area contributed by atoms with Crippen LogP contribution in [0.5, 0.6) is 5.75 Å². The lowest BCUT2D eigenvalue weighted by Crippen LogP contribution is -2.58. The third-order valence-corrected chi connectivity index (χ3v) is 3.16. The number of aliphatic hydroxyl groups excluding tert-OH is 3. The van der Waals surface area contributed by atoms with E-state index in [-0.39, 0.29) is 0 Å². The van der Waals surface area contributed by atoms with Crippen molar-refractivity contribution in [3.05, 3.63) is 24.3 Å². The molecule has 5 atom stereocenters. The molecule has 0 spiro atoms. The second-order valence-electron chi connectivity index (χ2n) is 4.50. The number of hydrogen-bond acceptors (Lipinski definition) is 7. The molecule has 0 radical (unpaired) electrons. The molecule has 0 aliphatic carbocycles. The Hall–Kier alpha value is -1.34. The number of aliphatic hydroxyl groups is 3. The Balaban J connectivity index is 2.07. The van der Waals surface area contributed by atoms with Crippen molar-refractivity contribution in [3.8, 4) is 5.75 Å². The summed E-state index contributed by atoms with van der Waals surface area (Å²) in [6.45, 7) is 1.59. The van der Waals surface area contributed by atoms with Crippen LogP contribution in [0, 0.1) is 0 Å². The molecule has 1 saturated heterocycles. The topological polar surface area (TPSA) is 91.5 Å². The van der Waals surface area contributed by atoms with Crippen molar-refractivity contribution in [2.24, 2.45) is 4.99 Å². The molecule has 0 aromatic heterocycles. The van der Waals surface area contributed by atoms with Gasteiger partial charge in [0.1, 0.15) is 24.1 Å². The number of aliphatic imine (C=N–C) groups is 1. The molecule has 1 heterocycles. The summed E-state index contributed by atoms with van der Waals surface area (Å²) in [6.07, 6.45) is -5.49. The third-order valence-electron chi connectivity index (χ3n) is 3.07. The highest BCUT2D eigenvalue weighted by atomic mass is 32.1. The van der Waals surface area contributed by atoms with Gasteiger partial charge in [-0.15, -0.1) is 0 Å². The van der Waals surface area contributed by atoms with Crippen molar-refractivity contribution >= 4 is 23.1 Å². The van der Waals surface area contributed by atoms with Crippen molar-refractivity contribution in [1.82, 2.24) is 0 Å². The molecule has 0 bridgehead atoms. The minimum absolute atomic E-state index is 0.438. The SMILES string of the molecule is CC1OC(Oc2ccc(N=C=S)cc2)C(O)C(O)C1O. The van der Waals surface area contributed by atoms with Crippen molar-refractivity contribution in [2.75, 3.05) is 0 Å². The summed E-state index contributed by atoms with van der Waals surface area (Å²) in [6, 6.07) is 6.59. The van der Waals surface area contributed by atoms with Gasteiger partial charge in [-0.3, -0.25) is 0 Å². The van der Waals surface area contributed by atoms with Crippen LogP contribution in [0.1, 0.15) is 6.92 Å². The number of nitrogens with zero attached hydrogens (tertiary/aromatic N) is 1. The van der Waals surface area contributed by atoms with E-state index in [1.165, 1.54) is 0 Å². The van der Waals surface area contributed by atoms with Crippen LogP contribution in [0.25, 0.3) is 0 Å². The van der Waals surface area contributed by atoms with Gasteiger partial charge in [0.25, 0.3) is 0 Å². The smallest absolute Gasteiger partial charge is 0.229 e. The molecule has 7 heteroatoms. The van der Waals surface area contributed by atoms with E-state index in [9.17, 15) is 15.3 Å². The lowest BCUT2D eigenvalue weighted by Gasteiger charge is -2.38. The predicted octanol–water partition coefficient (Wildman–Crippen LogP) is 0.627. The third kappa shape index (κ3) is 3.21. The van der Waals surface area contributed by atoms with Crippen LogP contribution < -0.4 is 4.74 Å². The van der Waals surface area contributed by atoms with Gasteiger partial charge in [-0.2, -0.15) is 4.99 Å². The summed E-state index contributed by atoms with van der Waals surface area (Å²) in [5, 5.41) is 31.3. The number of rotatable bonds is 3. The number of thiocarbonyl (C=S) groups is 1. The van der Waals surface area contributed by atoms with Gasteiger partial charge in [0, 0.05) is 0 Å². The molecule has 1 aliphatic heterocycles. The average Bonchev–Trinajstić information content (AvgIpc) is 2.45. The lowest BCUT2D eigenvalue weighted by atomic mass is 10.00. The average molecular weight is 297 g/mol. The van der Waals surface area contributed by atoms with E-state index in [2.05, 4.69) is 22.4 Å². The molecule has 3 N–H and O–H groups in total. The van der Waals surface area contributed by atoms with E-state index in [0.29, 0.717) is 11.4 Å². The summed E-state index contributed by atoms with van der Waals surface area (Å²) in [5.74, 6) is 0.438. The van der Waals surface area contributed by atoms with E-state index in [0.717, 1.165) is 0 Å². The monoisotopic (exact) mass is 297 g/mol. The maximum atomic E-state index is 9.82. The zero-order valence-electron chi connectivity index (χ0n) is 10.7. The van der Waals surface area contributed by atoms with Crippen LogP contribution in [-0.2, 0) is 4.74 Å². The van der Waals surface area contributed by atoms with E-state index < -0.39 is 30.7 Å². The Morgan fingerprint density at radius 1 is 1.15 bits per heavy atom. The largest absolute Gasteiger partial charge is 0.462 e. The van der Waals surface area contributed by atoms with Crippen LogP contribution in [0.4, 0.5) is 5.69 Å². The van der Waals surface area contributed by atoms with E-state index in [1.54, 1.807) is 31.2 Å². The highest BCUT2D eigenvalue weighted by Gasteiger charge is 2.43. The first-order valence-electron chi connectivity index (χ1n) is 6.07. The van der Waals surface area contributed by atoms with Gasteiger partial charge in [0.05, 0.1) is 17.0 Å². The second-order valence-corrected chi connectivity index (χ2v) is 4.68. The lowest BCUT2D eigenvalue weighted by molar-refractivity contribution is -0.268. The summed E-state index contributed by atoms with van der Waals surface area (Å²) in [7, 11) is 0. The molecule has 1 aromatic rings. The van der Waals surface area contributed by atoms with Crippen molar-refractivity contribution < 1.29 is 24.8 Å². The summed E-state index contributed by atoms with van der Waals surface area (Å²) < 4.78 is 10.8. The van der Waals surface area contributed by atoms with Crippen LogP contribution in [0.15, 0.2) is 29.3 Å². The maximum absolute atomic E-state index is 9.82. The number of hydrogen-bond donors (Lipinski definition) is 3. The molecule has 0 saturated carbocycles. The van der Waals surface area contributed by atoms with Crippen LogP contribution in [0.2, 0.25) is 0 Å². The molecule has 0 amide bonds. The summed E-state index contributed by atoms with van der Waals surface area (Å²) in [4.78, 5) is 3.80. The van der Waals surface area contributed by atoms with Gasteiger partial charge in [0.15, 0.2) is 0 Å². The molecule has 5 unspecified atom stereocenters. The zero-order valence-corrected chi connectivity index (χ0v) is 11.5. The van der Waals surface area contributed by atoms with Gasteiger partial charge < -0.3 is 24.8 Å². The molecule has 6 nitrogen and oxygen atoms in total. The molecule has 1 aliphatic rings. The predicted molar refractivity (Wildman–Crippen MR) is 74.1 cm³/mol. The normalized spacial score (nSPS) is 33.3. The summed E-state index contributed by atoms with van der Waals surface area (Å²) in [5.41, 5.74) is 0.626. The van der Waals surface area contributed by atoms with Crippen molar-refractivity contribution in [2.45, 2.75) is 37.6 Å². The van der Waals surface area contributed by atoms with E-state index in [4.69, 9.17) is 9.47 Å². The Bertz CT molecular complexity index is 502. The molecule has 20 heavy (non-hydrogen) atoms. The fourth-order valence-electron chi connectivity index (χ4n) is 1.90. The first-order chi connectivity index (χ1) is 9.52. The minimum Gasteiger partial charge on any atom is -0.462 e. The summed E-state index contributed by atoms with van der Waals surface area (Å²) >= 11 is 4.50. The maximum Gasteiger partial charge on any atom is 0.229 e. The van der Waals surface area contributed by atoms with Gasteiger partial charge in [-0.25, -0.2) is 0 Å². The molecule has 1 fully saturated rings. The Morgan fingerprint density at radius 3 is 2.40 bits per heavy atom. The van der Waals surface area contributed by atoms with E-state index in [1.807, 2.05) is 0 Å². The Morgan fingerprint density at radius 2 is 1.80 bits per heavy atom. The fraction of sp³-hybridized carbons (Fsp3) is 0.462. The van der Waals surface area contributed by atoms with Crippen LogP contribution in [0.3, 0.4) is 0 Å². The van der Waals surface area contributed by atoms with Crippen molar-refractivity contribution in [3.63, 3.8) is 0 Å². The Labute approximate surface area is 121 Å². The first-order valence-corrected chi connectivity index (χ1v) is 6.48. The van der Waals surface area contributed by atoms with Gasteiger partial charge in [-0.1, -0.05) is 0 Å². The highest BCUT2D eigenvalue weighted by molar-refractivity contribution is 7.78. The zero-order chi connectivity index (χ0) is 14.7. The molecule has 1 aromatic carbocycles. The van der Waals surface area contributed by atoms with Crippen molar-refractivity contribution in [1.29, 1.82) is 0 Å². The standard InChI is InChI=1S/C13H15NO5S/c1-7-10(15)11(16)12(17)13(18-7)19-9-4-2-8(3-5-9)14-6-20/h2-5,7,10-13,15-17H,1H3. The molecule has 2 rings (SSSR count). The first kappa shape index (κ1) is 15.1. The quantitative estimate of drug-likeness (QED) is 0.560. The second kappa shape index (κ2) is 6.41. The van der Waals surface area contributed by atoms with Gasteiger partial charge >= 0.3 is 0 Å². The highest BCUT2D eigenvalue weighted by Crippen LogP contribution is 2.25. The molecular formula is C13H15NO5S. The minimum atomic E-state index is -1.33. The molecule has 108 valence electrons. The van der Waals surface area contributed by atoms with E-state index >= 15 is 0 Å². The Kier molecular flexibility index (Phi) is 4.82. The van der Waals surface area contributed by atoms with Gasteiger partial charge in [0.2, 0.25) is 6.29 Å². The van der Waals surface area contributed by atoms with Gasteiger partial charge in [-0.05, 0) is 43.4 Å². The fourth-order valence-corrected chi connectivity index (χ4v) is 2.00. The number of benzene rings is 1.